The van der Waals surface area contributed by atoms with Crippen LogP contribution in [-0.4, -0.2) is 45.4 Å². The summed E-state index contributed by atoms with van der Waals surface area (Å²) in [7, 11) is 0. The molecule has 2 N–H and O–H groups in total. The third kappa shape index (κ3) is 5.05. The molecule has 122 valence electrons. The first-order valence-corrected chi connectivity index (χ1v) is 8.43. The monoisotopic (exact) mass is 324 g/mol. The van der Waals surface area contributed by atoms with Gasteiger partial charge in [0.2, 0.25) is 0 Å². The summed E-state index contributed by atoms with van der Waals surface area (Å²) in [6.07, 6.45) is 0.754. The number of carbonyl (C=O) groups excluding carboxylic acids is 1. The van der Waals surface area contributed by atoms with Gasteiger partial charge in [-0.2, -0.15) is 0 Å². The quantitative estimate of drug-likeness (QED) is 0.680. The highest BCUT2D eigenvalue weighted by molar-refractivity contribution is 7.99. The van der Waals surface area contributed by atoms with Gasteiger partial charge in [-0.15, -0.1) is 0 Å². The van der Waals surface area contributed by atoms with Gasteiger partial charge in [0, 0.05) is 30.6 Å². The van der Waals surface area contributed by atoms with Crippen LogP contribution in [0, 0.1) is 12.8 Å². The molecule has 7 heteroatoms. The van der Waals surface area contributed by atoms with Crippen molar-refractivity contribution in [3.05, 3.63) is 11.8 Å². The molecule has 1 aromatic heterocycles. The number of nitrogens with zero attached hydrogens (tertiary/aromatic N) is 3. The van der Waals surface area contributed by atoms with E-state index in [-0.39, 0.29) is 6.09 Å². The molecule has 0 bridgehead atoms. The molecule has 1 atom stereocenters. The van der Waals surface area contributed by atoms with Crippen LogP contribution in [0.15, 0.2) is 11.2 Å². The molecule has 1 aromatic rings. The average molecular weight is 324 g/mol. The van der Waals surface area contributed by atoms with E-state index in [1.807, 2.05) is 27.7 Å². The Morgan fingerprint density at radius 2 is 2.23 bits per heavy atom. The van der Waals surface area contributed by atoms with Gasteiger partial charge < -0.3 is 15.4 Å². The predicted molar refractivity (Wildman–Crippen MR) is 87.8 cm³/mol. The zero-order chi connectivity index (χ0) is 16.3. The van der Waals surface area contributed by atoms with Crippen LogP contribution in [0.3, 0.4) is 0 Å². The Balaban J connectivity index is 1.82. The predicted octanol–water partition coefficient (Wildman–Crippen LogP) is 2.72. The number of nitrogens with two attached hydrogens (primary N) is 1. The van der Waals surface area contributed by atoms with Crippen molar-refractivity contribution in [1.82, 2.24) is 14.9 Å². The van der Waals surface area contributed by atoms with E-state index in [4.69, 9.17) is 10.5 Å². The van der Waals surface area contributed by atoms with Gasteiger partial charge >= 0.3 is 6.09 Å². The molecule has 2 rings (SSSR count). The standard InChI is InChI=1S/C15H24N4O2S/c1-10-7-12(16)18-13(17-10)22-9-11-5-6-19(8-11)14(20)21-15(2,3)4/h7,11H,5-6,8-9H2,1-4H3,(H2,16,17,18)/t11-/m0/s1. The largest absolute Gasteiger partial charge is 0.444 e. The summed E-state index contributed by atoms with van der Waals surface area (Å²) in [4.78, 5) is 22.4. The van der Waals surface area contributed by atoms with E-state index in [2.05, 4.69) is 9.97 Å². The highest BCUT2D eigenvalue weighted by Gasteiger charge is 2.29. The fourth-order valence-electron chi connectivity index (χ4n) is 2.28. The molecular formula is C15H24N4O2S. The summed E-state index contributed by atoms with van der Waals surface area (Å²) < 4.78 is 5.40. The highest BCUT2D eigenvalue weighted by atomic mass is 32.2. The zero-order valence-electron chi connectivity index (χ0n) is 13.6. The van der Waals surface area contributed by atoms with E-state index in [1.54, 1.807) is 22.7 Å². The Morgan fingerprint density at radius 1 is 1.50 bits per heavy atom. The summed E-state index contributed by atoms with van der Waals surface area (Å²) in [5.74, 6) is 1.81. The summed E-state index contributed by atoms with van der Waals surface area (Å²) in [5.41, 5.74) is 6.15. The molecule has 0 unspecified atom stereocenters. The molecule has 22 heavy (non-hydrogen) atoms. The minimum atomic E-state index is -0.448. The molecule has 1 aliphatic heterocycles. The van der Waals surface area contributed by atoms with Gasteiger partial charge in [-0.3, -0.25) is 0 Å². The summed E-state index contributed by atoms with van der Waals surface area (Å²) >= 11 is 1.59. The van der Waals surface area contributed by atoms with Crippen molar-refractivity contribution < 1.29 is 9.53 Å². The topological polar surface area (TPSA) is 81.3 Å². The SMILES string of the molecule is Cc1cc(N)nc(SC[C@H]2CCN(C(=O)OC(C)(C)C)C2)n1. The first-order valence-electron chi connectivity index (χ1n) is 7.45. The fraction of sp³-hybridized carbons (Fsp3) is 0.667. The lowest BCUT2D eigenvalue weighted by atomic mass is 10.2. The normalized spacial score (nSPS) is 18.5. The lowest BCUT2D eigenvalue weighted by Gasteiger charge is -2.24. The van der Waals surface area contributed by atoms with Gasteiger partial charge in [-0.25, -0.2) is 14.8 Å². The van der Waals surface area contributed by atoms with Crippen molar-refractivity contribution in [2.75, 3.05) is 24.6 Å². The number of anilines is 1. The number of hydrogen-bond donors (Lipinski definition) is 1. The second-order valence-corrected chi connectivity index (χ2v) is 7.60. The van der Waals surface area contributed by atoms with Crippen LogP contribution in [0.4, 0.5) is 10.6 Å². The number of nitrogen functional groups attached to an aromatic ring is 1. The molecule has 1 saturated heterocycles. The number of ether oxygens (including phenoxy) is 1. The molecule has 0 saturated carbocycles. The number of carbonyl (C=O) groups is 1. The van der Waals surface area contributed by atoms with Crippen molar-refractivity contribution in [3.8, 4) is 0 Å². The smallest absolute Gasteiger partial charge is 0.410 e. The molecule has 1 amide bonds. The zero-order valence-corrected chi connectivity index (χ0v) is 14.4. The molecule has 1 aliphatic rings. The third-order valence-electron chi connectivity index (χ3n) is 3.24. The lowest BCUT2D eigenvalue weighted by Crippen LogP contribution is -2.35. The van der Waals surface area contributed by atoms with Crippen LogP contribution >= 0.6 is 11.8 Å². The first kappa shape index (κ1) is 16.9. The molecule has 0 radical (unpaired) electrons. The Kier molecular flexibility index (Phi) is 5.16. The van der Waals surface area contributed by atoms with Crippen molar-refractivity contribution in [1.29, 1.82) is 0 Å². The number of likely N-dealkylation sites (tertiary alicyclic amines) is 1. The van der Waals surface area contributed by atoms with Gasteiger partial charge in [0.05, 0.1) is 0 Å². The van der Waals surface area contributed by atoms with E-state index in [9.17, 15) is 4.79 Å². The number of hydrogen-bond acceptors (Lipinski definition) is 6. The fourth-order valence-corrected chi connectivity index (χ4v) is 3.32. The van der Waals surface area contributed by atoms with E-state index >= 15 is 0 Å². The summed E-state index contributed by atoms with van der Waals surface area (Å²) in [5, 5.41) is 0.702. The van der Waals surface area contributed by atoms with Crippen LogP contribution in [0.5, 0.6) is 0 Å². The second kappa shape index (κ2) is 6.73. The third-order valence-corrected chi connectivity index (χ3v) is 4.32. The van der Waals surface area contributed by atoms with Crippen molar-refractivity contribution in [2.24, 2.45) is 5.92 Å². The number of aryl methyl sites for hydroxylation is 1. The van der Waals surface area contributed by atoms with E-state index in [0.29, 0.717) is 16.9 Å². The van der Waals surface area contributed by atoms with Crippen LogP contribution in [-0.2, 0) is 4.74 Å². The van der Waals surface area contributed by atoms with Crippen molar-refractivity contribution in [3.63, 3.8) is 0 Å². The average Bonchev–Trinajstić information content (AvgIpc) is 2.82. The van der Waals surface area contributed by atoms with Gasteiger partial charge in [-0.1, -0.05) is 11.8 Å². The van der Waals surface area contributed by atoms with Gasteiger partial charge in [0.1, 0.15) is 11.4 Å². The minimum absolute atomic E-state index is 0.226. The number of amides is 1. The Morgan fingerprint density at radius 3 is 2.86 bits per heavy atom. The Hall–Kier alpha value is -1.50. The molecule has 0 aromatic carbocycles. The van der Waals surface area contributed by atoms with Crippen LogP contribution in [0.1, 0.15) is 32.9 Å². The number of aromatic nitrogens is 2. The van der Waals surface area contributed by atoms with Gasteiger partial charge in [-0.05, 0) is 40.0 Å². The Labute approximate surface area is 135 Å². The minimum Gasteiger partial charge on any atom is -0.444 e. The van der Waals surface area contributed by atoms with Gasteiger partial charge in [0.25, 0.3) is 0 Å². The number of rotatable bonds is 3. The maximum absolute atomic E-state index is 12.0. The van der Waals surface area contributed by atoms with Crippen LogP contribution in [0.2, 0.25) is 0 Å². The maximum atomic E-state index is 12.0. The molecular weight excluding hydrogens is 300 g/mol. The number of thioether (sulfide) groups is 1. The second-order valence-electron chi connectivity index (χ2n) is 6.61. The highest BCUT2D eigenvalue weighted by Crippen LogP contribution is 2.25. The molecule has 2 heterocycles. The summed E-state index contributed by atoms with van der Waals surface area (Å²) in [6, 6.07) is 1.75. The van der Waals surface area contributed by atoms with Crippen LogP contribution in [0.25, 0.3) is 0 Å². The van der Waals surface area contributed by atoms with Gasteiger partial charge in [0.15, 0.2) is 5.16 Å². The molecule has 0 spiro atoms. The summed E-state index contributed by atoms with van der Waals surface area (Å²) in [6.45, 7) is 9.03. The van der Waals surface area contributed by atoms with Crippen molar-refractivity contribution in [2.45, 2.75) is 44.9 Å². The first-order chi connectivity index (χ1) is 10.2. The molecule has 1 fully saturated rings. The van der Waals surface area contributed by atoms with E-state index < -0.39 is 5.60 Å². The van der Waals surface area contributed by atoms with Crippen molar-refractivity contribution >= 4 is 23.7 Å². The lowest BCUT2D eigenvalue weighted by molar-refractivity contribution is 0.0289. The van der Waals surface area contributed by atoms with Crippen LogP contribution < -0.4 is 5.73 Å². The molecule has 0 aliphatic carbocycles. The Bertz CT molecular complexity index is 525. The van der Waals surface area contributed by atoms with E-state index in [0.717, 1.165) is 31.0 Å². The maximum Gasteiger partial charge on any atom is 0.410 e. The van der Waals surface area contributed by atoms with E-state index in [1.165, 1.54) is 0 Å². The molecule has 6 nitrogen and oxygen atoms in total.